The van der Waals surface area contributed by atoms with E-state index in [1.165, 1.54) is 96.9 Å². The summed E-state index contributed by atoms with van der Waals surface area (Å²) in [5.41, 5.74) is 10.5. The van der Waals surface area contributed by atoms with Crippen LogP contribution in [0.4, 0.5) is 0 Å². The van der Waals surface area contributed by atoms with E-state index in [0.29, 0.717) is 0 Å². The Morgan fingerprint density at radius 2 is 1.03 bits per heavy atom. The molecule has 64 heavy (non-hydrogen) atoms. The number of aliphatic imine (C=N–C) groups is 2. The highest BCUT2D eigenvalue weighted by atomic mass is 32.1. The third-order valence-electron chi connectivity index (χ3n) is 13.5. The minimum atomic E-state index is -0.144. The predicted molar refractivity (Wildman–Crippen MR) is 273 cm³/mol. The second-order valence-corrected chi connectivity index (χ2v) is 18.4. The maximum Gasteiger partial charge on any atom is 0.157 e. The number of amidine groups is 1. The Morgan fingerprint density at radius 3 is 1.75 bits per heavy atom. The van der Waals surface area contributed by atoms with Gasteiger partial charge in [-0.25, -0.2) is 4.99 Å². The third kappa shape index (κ3) is 5.88. The molecule has 0 aliphatic carbocycles. The summed E-state index contributed by atoms with van der Waals surface area (Å²) in [4.78, 5) is 11.5. The molecule has 9 aromatic carbocycles. The Bertz CT molecular complexity index is 3810. The second kappa shape index (κ2) is 14.8. The Labute approximate surface area is 374 Å². The van der Waals surface area contributed by atoms with Crippen LogP contribution in [0.5, 0.6) is 0 Å². The molecule has 3 aromatic heterocycles. The zero-order valence-electron chi connectivity index (χ0n) is 35.3. The standard InChI is InChI=1S/C59H42N4S/c1-37-27-32-56(63-50-24-12-7-19-44(50)45-20-8-13-25-51(45)63)60-59(40-30-28-39(29-31-40)38-15-3-2-4-16-38)61-58(37)43-35-53(57-47-22-10-14-26-54(47)64-55(57)36-43)62-49-23-11-9-21-46(49)48-33-41-17-5-6-18-42(41)34-52(48)62/h2-26,28-31,33-37,58H,27,32H2,1H3/t37-,58?/m1/s1. The molecule has 5 heteroatoms. The van der Waals surface area contributed by atoms with Crippen LogP contribution in [-0.2, 0) is 0 Å². The number of hydrogen-bond acceptors (Lipinski definition) is 3. The van der Waals surface area contributed by atoms with Crippen LogP contribution in [0.1, 0.15) is 36.9 Å². The van der Waals surface area contributed by atoms with Gasteiger partial charge in [-0.05, 0) is 88.3 Å². The van der Waals surface area contributed by atoms with Gasteiger partial charge in [0, 0.05) is 53.7 Å². The molecule has 0 N–H and O–H groups in total. The molecule has 4 nitrogen and oxygen atoms in total. The highest BCUT2D eigenvalue weighted by Crippen LogP contribution is 2.45. The second-order valence-electron chi connectivity index (χ2n) is 17.3. The topological polar surface area (TPSA) is 34.6 Å². The summed E-state index contributed by atoms with van der Waals surface area (Å²) in [6.45, 7) is 2.39. The van der Waals surface area contributed by atoms with Gasteiger partial charge in [-0.2, -0.15) is 0 Å². The summed E-state index contributed by atoms with van der Waals surface area (Å²) in [5.74, 6) is 1.99. The molecule has 0 bridgehead atoms. The third-order valence-corrected chi connectivity index (χ3v) is 14.7. The first kappa shape index (κ1) is 37.0. The maximum absolute atomic E-state index is 5.84. The molecule has 4 heterocycles. The summed E-state index contributed by atoms with van der Waals surface area (Å²) in [6, 6.07) is 73.0. The molecule has 1 unspecified atom stereocenters. The monoisotopic (exact) mass is 838 g/mol. The van der Waals surface area contributed by atoms with E-state index in [1.54, 1.807) is 0 Å². The summed E-state index contributed by atoms with van der Waals surface area (Å²) in [6.07, 6.45) is 1.73. The zero-order chi connectivity index (χ0) is 42.3. The van der Waals surface area contributed by atoms with E-state index in [0.717, 1.165) is 30.1 Å². The normalized spacial score (nSPS) is 16.0. The molecule has 0 saturated carbocycles. The maximum atomic E-state index is 5.84. The average molecular weight is 839 g/mol. The lowest BCUT2D eigenvalue weighted by molar-refractivity contribution is 0.445. The van der Waals surface area contributed by atoms with E-state index in [-0.39, 0.29) is 12.0 Å². The number of aromatic nitrogens is 2. The zero-order valence-corrected chi connectivity index (χ0v) is 36.1. The van der Waals surface area contributed by atoms with Crippen LogP contribution >= 0.6 is 11.3 Å². The molecule has 0 fully saturated rings. The first-order valence-corrected chi connectivity index (χ1v) is 23.1. The predicted octanol–water partition coefficient (Wildman–Crippen LogP) is 15.9. The Morgan fingerprint density at radius 1 is 0.469 bits per heavy atom. The van der Waals surface area contributed by atoms with Gasteiger partial charge in [-0.1, -0.05) is 159 Å². The minimum Gasteiger partial charge on any atom is -0.309 e. The van der Waals surface area contributed by atoms with Crippen LogP contribution in [0, 0.1) is 5.92 Å². The number of fused-ring (bicyclic) bond motifs is 10. The minimum absolute atomic E-state index is 0.144. The van der Waals surface area contributed by atoms with E-state index < -0.39 is 0 Å². The summed E-state index contributed by atoms with van der Waals surface area (Å²) >= 11 is 1.88. The first-order chi connectivity index (χ1) is 31.6. The van der Waals surface area contributed by atoms with Crippen molar-refractivity contribution in [1.29, 1.82) is 0 Å². The van der Waals surface area contributed by atoms with Crippen molar-refractivity contribution in [2.45, 2.75) is 25.8 Å². The highest BCUT2D eigenvalue weighted by Gasteiger charge is 2.28. The van der Waals surface area contributed by atoms with Crippen molar-refractivity contribution < 1.29 is 0 Å². The van der Waals surface area contributed by atoms with Crippen molar-refractivity contribution in [2.75, 3.05) is 0 Å². The van der Waals surface area contributed by atoms with Crippen molar-refractivity contribution in [3.8, 4) is 16.8 Å². The number of rotatable bonds is 4. The van der Waals surface area contributed by atoms with Crippen LogP contribution < -0.4 is 0 Å². The lowest BCUT2D eigenvalue weighted by Crippen LogP contribution is -2.21. The van der Waals surface area contributed by atoms with Gasteiger partial charge in [0.2, 0.25) is 0 Å². The Balaban J connectivity index is 1.07. The fraction of sp³-hybridized carbons (Fsp3) is 0.0847. The van der Waals surface area contributed by atoms with E-state index in [2.05, 4.69) is 216 Å². The Hall–Kier alpha value is -7.60. The van der Waals surface area contributed by atoms with E-state index in [4.69, 9.17) is 9.98 Å². The van der Waals surface area contributed by atoms with Gasteiger partial charge >= 0.3 is 0 Å². The van der Waals surface area contributed by atoms with Crippen molar-refractivity contribution in [3.05, 3.63) is 211 Å². The molecule has 0 spiro atoms. The molecule has 0 amide bonds. The largest absolute Gasteiger partial charge is 0.309 e. The average Bonchev–Trinajstić information content (AvgIpc) is 4.00. The molecule has 0 radical (unpaired) electrons. The molecule has 13 rings (SSSR count). The van der Waals surface area contributed by atoms with Crippen LogP contribution in [0.3, 0.4) is 0 Å². The number of nitrogens with zero attached hydrogens (tertiary/aromatic N) is 4. The van der Waals surface area contributed by atoms with Crippen molar-refractivity contribution >= 4 is 97.6 Å². The molecular weight excluding hydrogens is 797 g/mol. The number of para-hydroxylation sites is 3. The van der Waals surface area contributed by atoms with Gasteiger partial charge in [0.15, 0.2) is 5.84 Å². The summed E-state index contributed by atoms with van der Waals surface area (Å²) in [7, 11) is 0. The Kier molecular flexibility index (Phi) is 8.53. The fourth-order valence-electron chi connectivity index (χ4n) is 10.4. The SMILES string of the molecule is C[C@@H]1CCC(n2c3ccccc3c3ccccc32)=NC(c2ccc(-c3ccccc3)cc2)=NC1c1cc(-n2c3ccccc3c3cc4ccccc4cc32)c2c(c1)sc1ccccc12. The van der Waals surface area contributed by atoms with Crippen molar-refractivity contribution in [1.82, 2.24) is 9.13 Å². The van der Waals surface area contributed by atoms with Crippen LogP contribution in [0.25, 0.3) is 91.4 Å². The first-order valence-electron chi connectivity index (χ1n) is 22.3. The lowest BCUT2D eigenvalue weighted by Gasteiger charge is -2.26. The van der Waals surface area contributed by atoms with Gasteiger partial charge in [0.1, 0.15) is 5.84 Å². The summed E-state index contributed by atoms with van der Waals surface area (Å²) in [5, 5.41) is 10.0. The molecule has 12 aromatic rings. The fourth-order valence-corrected chi connectivity index (χ4v) is 11.6. The van der Waals surface area contributed by atoms with E-state index in [9.17, 15) is 0 Å². The molecule has 2 atom stereocenters. The van der Waals surface area contributed by atoms with Crippen LogP contribution in [0.2, 0.25) is 0 Å². The van der Waals surface area contributed by atoms with Crippen molar-refractivity contribution in [3.63, 3.8) is 0 Å². The number of hydrogen-bond donors (Lipinski definition) is 0. The van der Waals surface area contributed by atoms with E-state index in [1.807, 2.05) is 11.3 Å². The van der Waals surface area contributed by atoms with Crippen LogP contribution in [-0.4, -0.2) is 20.8 Å². The van der Waals surface area contributed by atoms with Gasteiger partial charge < -0.3 is 4.57 Å². The highest BCUT2D eigenvalue weighted by molar-refractivity contribution is 7.25. The molecule has 304 valence electrons. The van der Waals surface area contributed by atoms with Crippen molar-refractivity contribution in [2.24, 2.45) is 15.9 Å². The van der Waals surface area contributed by atoms with Gasteiger partial charge in [-0.3, -0.25) is 9.56 Å². The van der Waals surface area contributed by atoms with Gasteiger partial charge in [0.05, 0.1) is 33.8 Å². The van der Waals surface area contributed by atoms with E-state index >= 15 is 0 Å². The smallest absolute Gasteiger partial charge is 0.157 e. The quantitative estimate of drug-likeness (QED) is 0.169. The van der Waals surface area contributed by atoms with Crippen LogP contribution in [0.15, 0.2) is 210 Å². The van der Waals surface area contributed by atoms with Gasteiger partial charge in [0.25, 0.3) is 0 Å². The lowest BCUT2D eigenvalue weighted by atomic mass is 9.89. The molecule has 0 saturated heterocycles. The molecule has 1 aliphatic rings. The number of benzene rings is 9. The number of thiophene rings is 1. The molecular formula is C59H42N4S. The molecule has 1 aliphatic heterocycles. The van der Waals surface area contributed by atoms with Gasteiger partial charge in [-0.15, -0.1) is 11.3 Å². The summed E-state index contributed by atoms with van der Waals surface area (Å²) < 4.78 is 7.48.